The van der Waals surface area contributed by atoms with E-state index >= 15 is 0 Å². The Bertz CT molecular complexity index is 1340. The number of nitrogens with two attached hydrogens (primary N) is 2. The molecule has 0 aromatic heterocycles. The molecule has 2 atom stereocenters. The summed E-state index contributed by atoms with van der Waals surface area (Å²) in [4.78, 5) is 26.6. The first-order chi connectivity index (χ1) is 15.1. The Morgan fingerprint density at radius 1 is 1.06 bits per heavy atom. The molecule has 0 saturated heterocycles. The summed E-state index contributed by atoms with van der Waals surface area (Å²) in [5.74, 6) is -2.82. The number of Topliss-reactive ketones (excluding diaryl/α,β-unsaturated/α-hetero) is 1. The second-order valence-corrected chi connectivity index (χ2v) is 9.00. The molecule has 5 N–H and O–H groups in total. The maximum absolute atomic E-state index is 14.2. The van der Waals surface area contributed by atoms with E-state index in [1.807, 2.05) is 26.0 Å². The smallest absolute Gasteiger partial charge is 0.257 e. The predicted octanol–water partition coefficient (Wildman–Crippen LogP) is 3.86. The highest BCUT2D eigenvalue weighted by molar-refractivity contribution is 6.31. The molecule has 7 heteroatoms. The van der Waals surface area contributed by atoms with Crippen molar-refractivity contribution in [2.24, 2.45) is 5.73 Å². The van der Waals surface area contributed by atoms with Gasteiger partial charge >= 0.3 is 0 Å². The molecule has 2 aliphatic rings. The average molecular weight is 449 g/mol. The molecular weight excluding hydrogens is 428 g/mol. The molecule has 0 bridgehead atoms. The van der Waals surface area contributed by atoms with Crippen molar-refractivity contribution in [3.05, 3.63) is 93.0 Å². The fourth-order valence-corrected chi connectivity index (χ4v) is 5.20. The quantitative estimate of drug-likeness (QED) is 0.526. The van der Waals surface area contributed by atoms with Gasteiger partial charge in [0.25, 0.3) is 5.79 Å². The van der Waals surface area contributed by atoms with Gasteiger partial charge in [-0.2, -0.15) is 0 Å². The number of benzene rings is 3. The van der Waals surface area contributed by atoms with Gasteiger partial charge in [0.2, 0.25) is 5.91 Å². The highest BCUT2D eigenvalue weighted by atomic mass is 35.5. The first-order valence-electron chi connectivity index (χ1n) is 10.2. The summed E-state index contributed by atoms with van der Waals surface area (Å²) in [5.41, 5.74) is 12.3. The number of carbonyl (C=O) groups excluding carboxylic acids is 2. The summed E-state index contributed by atoms with van der Waals surface area (Å²) in [5, 5.41) is 12.4. The van der Waals surface area contributed by atoms with Gasteiger partial charge < -0.3 is 21.3 Å². The maximum Gasteiger partial charge on any atom is 0.257 e. The van der Waals surface area contributed by atoms with Crippen molar-refractivity contribution < 1.29 is 19.4 Å². The molecule has 3 aromatic carbocycles. The van der Waals surface area contributed by atoms with Crippen molar-refractivity contribution in [2.45, 2.75) is 31.0 Å². The number of aliphatic hydroxyl groups is 1. The summed E-state index contributed by atoms with van der Waals surface area (Å²) in [7, 11) is 0. The van der Waals surface area contributed by atoms with Gasteiger partial charge in [-0.1, -0.05) is 49.7 Å². The molecule has 6 nitrogen and oxygen atoms in total. The number of ether oxygens (including phenoxy) is 1. The molecule has 0 spiro atoms. The van der Waals surface area contributed by atoms with Gasteiger partial charge in [0.1, 0.15) is 5.75 Å². The van der Waals surface area contributed by atoms with E-state index in [1.165, 1.54) is 18.2 Å². The molecule has 1 aliphatic carbocycles. The molecular formula is C25H21ClN2O4. The van der Waals surface area contributed by atoms with Crippen LogP contribution in [-0.2, 0) is 11.2 Å². The van der Waals surface area contributed by atoms with E-state index in [-0.39, 0.29) is 38.9 Å². The van der Waals surface area contributed by atoms with Crippen molar-refractivity contribution >= 4 is 29.0 Å². The molecule has 32 heavy (non-hydrogen) atoms. The highest BCUT2D eigenvalue weighted by Gasteiger charge is 2.72. The third-order valence-electron chi connectivity index (χ3n) is 6.52. The minimum atomic E-state index is -2.14. The number of amides is 1. The van der Waals surface area contributed by atoms with Crippen LogP contribution in [0.25, 0.3) is 0 Å². The van der Waals surface area contributed by atoms with Gasteiger partial charge in [-0.15, -0.1) is 0 Å². The van der Waals surface area contributed by atoms with Crippen LogP contribution < -0.4 is 16.2 Å². The van der Waals surface area contributed by atoms with E-state index in [9.17, 15) is 14.7 Å². The van der Waals surface area contributed by atoms with Gasteiger partial charge in [-0.3, -0.25) is 9.59 Å². The molecule has 0 saturated carbocycles. The fourth-order valence-electron chi connectivity index (χ4n) is 5.03. The predicted molar refractivity (Wildman–Crippen MR) is 121 cm³/mol. The number of hydrogen-bond donors (Lipinski definition) is 3. The Kier molecular flexibility index (Phi) is 4.22. The van der Waals surface area contributed by atoms with E-state index in [1.54, 1.807) is 24.3 Å². The summed E-state index contributed by atoms with van der Waals surface area (Å²) >= 11 is 6.31. The molecule has 1 amide bonds. The minimum Gasteiger partial charge on any atom is -0.456 e. The molecule has 162 valence electrons. The number of nitrogen functional groups attached to an aromatic ring is 1. The topological polar surface area (TPSA) is 116 Å². The Morgan fingerprint density at radius 2 is 1.81 bits per heavy atom. The van der Waals surface area contributed by atoms with Crippen molar-refractivity contribution in [1.29, 1.82) is 0 Å². The van der Waals surface area contributed by atoms with Crippen molar-refractivity contribution in [3.8, 4) is 5.75 Å². The third kappa shape index (κ3) is 2.34. The zero-order valence-electron chi connectivity index (χ0n) is 17.5. The van der Waals surface area contributed by atoms with E-state index in [0.29, 0.717) is 11.3 Å². The molecule has 3 aromatic rings. The van der Waals surface area contributed by atoms with Crippen LogP contribution in [0.15, 0.2) is 54.6 Å². The Hall–Kier alpha value is -3.35. The lowest BCUT2D eigenvalue weighted by Gasteiger charge is -2.35. The van der Waals surface area contributed by atoms with Crippen molar-refractivity contribution in [1.82, 2.24) is 0 Å². The maximum atomic E-state index is 14.2. The van der Waals surface area contributed by atoms with Crippen molar-refractivity contribution in [3.63, 3.8) is 0 Å². The number of fused-ring (bicyclic) bond motifs is 5. The monoisotopic (exact) mass is 448 g/mol. The zero-order chi connectivity index (χ0) is 23.0. The van der Waals surface area contributed by atoms with Crippen LogP contribution in [0.4, 0.5) is 5.69 Å². The third-order valence-corrected chi connectivity index (χ3v) is 6.76. The van der Waals surface area contributed by atoms with Crippen LogP contribution in [0, 0.1) is 0 Å². The lowest BCUT2D eigenvalue weighted by atomic mass is 9.67. The second kappa shape index (κ2) is 6.58. The van der Waals surface area contributed by atoms with Crippen molar-refractivity contribution in [2.75, 3.05) is 5.73 Å². The standard InChI is InChI=1S/C25H21ClN2O4/c1-12(2)13-6-9-16-20(10-13)32-25(31)17-4-3-5-19(27)21(17)22(29)24(16,25)18-11-14(26)7-8-15(18)23(28)30/h3-12,31H,27H2,1-2H3,(H2,28,30). The number of hydrogen-bond acceptors (Lipinski definition) is 5. The molecule has 2 unspecified atom stereocenters. The fraction of sp³-hybridized carbons (Fsp3) is 0.200. The van der Waals surface area contributed by atoms with Gasteiger partial charge in [0.15, 0.2) is 11.2 Å². The van der Waals surface area contributed by atoms with Crippen LogP contribution in [0.1, 0.15) is 62.7 Å². The summed E-state index contributed by atoms with van der Waals surface area (Å²) in [6.07, 6.45) is 0. The summed E-state index contributed by atoms with van der Waals surface area (Å²) in [6, 6.07) is 14.7. The van der Waals surface area contributed by atoms with Crippen LogP contribution >= 0.6 is 11.6 Å². The van der Waals surface area contributed by atoms with Crippen LogP contribution in [0.3, 0.4) is 0 Å². The van der Waals surface area contributed by atoms with Crippen LogP contribution in [-0.4, -0.2) is 16.8 Å². The normalized spacial score (nSPS) is 23.0. The number of carbonyl (C=O) groups is 2. The molecule has 5 rings (SSSR count). The number of ketones is 1. The van der Waals surface area contributed by atoms with E-state index in [0.717, 1.165) is 5.56 Å². The first kappa shape index (κ1) is 20.5. The molecule has 0 radical (unpaired) electrons. The summed E-state index contributed by atoms with van der Waals surface area (Å²) < 4.78 is 6.18. The van der Waals surface area contributed by atoms with E-state index < -0.39 is 22.9 Å². The van der Waals surface area contributed by atoms with E-state index in [4.69, 9.17) is 27.8 Å². The molecule has 1 aliphatic heterocycles. The van der Waals surface area contributed by atoms with Gasteiger partial charge in [0, 0.05) is 27.4 Å². The average Bonchev–Trinajstić information content (AvgIpc) is 3.11. The number of rotatable bonds is 3. The second-order valence-electron chi connectivity index (χ2n) is 8.56. The largest absolute Gasteiger partial charge is 0.456 e. The van der Waals surface area contributed by atoms with Crippen LogP contribution in [0.5, 0.6) is 5.75 Å². The number of primary amides is 1. The minimum absolute atomic E-state index is 0.0666. The number of anilines is 1. The summed E-state index contributed by atoms with van der Waals surface area (Å²) in [6.45, 7) is 4.07. The number of halogens is 1. The zero-order valence-corrected chi connectivity index (χ0v) is 18.2. The lowest BCUT2D eigenvalue weighted by Crippen LogP contribution is -2.50. The Labute approximate surface area is 189 Å². The van der Waals surface area contributed by atoms with Gasteiger partial charge in [-0.25, -0.2) is 0 Å². The first-order valence-corrected chi connectivity index (χ1v) is 10.6. The lowest BCUT2D eigenvalue weighted by molar-refractivity contribution is -0.154. The SMILES string of the molecule is CC(C)c1ccc2c(c1)OC1(O)c3cccc(N)c3C(=O)C21c1cc(Cl)ccc1C(N)=O. The Balaban J connectivity index is 1.94. The van der Waals surface area contributed by atoms with Crippen LogP contribution in [0.2, 0.25) is 5.02 Å². The van der Waals surface area contributed by atoms with Gasteiger partial charge in [-0.05, 0) is 47.4 Å². The van der Waals surface area contributed by atoms with E-state index in [2.05, 4.69) is 0 Å². The van der Waals surface area contributed by atoms with Gasteiger partial charge in [0.05, 0.1) is 5.56 Å². The Morgan fingerprint density at radius 3 is 2.50 bits per heavy atom. The molecule has 1 heterocycles. The highest BCUT2D eigenvalue weighted by Crippen LogP contribution is 2.63. The molecule has 0 fully saturated rings.